The Bertz CT molecular complexity index is 3590. The summed E-state index contributed by atoms with van der Waals surface area (Å²) in [6, 6.07) is 55.3. The van der Waals surface area contributed by atoms with Crippen LogP contribution < -0.4 is 0 Å². The molecule has 11 rings (SSSR count). The Balaban J connectivity index is 0.000000289. The van der Waals surface area contributed by atoms with Crippen LogP contribution >= 0.6 is 0 Å². The van der Waals surface area contributed by atoms with Gasteiger partial charge in [0.2, 0.25) is 0 Å². The monoisotopic (exact) mass is 1030 g/mol. The number of rotatable bonds is 6. The third kappa shape index (κ3) is 8.00. The molecule has 0 atom stereocenters. The van der Waals surface area contributed by atoms with Crippen molar-refractivity contribution in [3.63, 3.8) is 0 Å². The molecule has 4 aromatic heterocycles. The van der Waals surface area contributed by atoms with E-state index in [1.807, 2.05) is 91.1 Å². The molecule has 0 aliphatic heterocycles. The Morgan fingerprint density at radius 3 is 2.08 bits per heavy atom. The van der Waals surface area contributed by atoms with Crippen LogP contribution in [0.5, 0.6) is 0 Å². The first-order valence-electron chi connectivity index (χ1n) is 23.5. The SMILES string of the molecule is CC(C)(C)c1ccnc(-c2[c-]cccc2)c1.[2H]C([2H])([2H])c1c[c-]c(-c2nc3ccccc3n2-c2c(C(C)C)cc(-c3ccccc3)cc2C(C)C)c2oc3cc4c(cc3c12)oc1ccccc14.[Ir]. The molecule has 0 N–H and O–H groups in total. The maximum absolute atomic E-state index is 8.53. The Morgan fingerprint density at radius 1 is 0.662 bits per heavy atom. The molecule has 65 heavy (non-hydrogen) atoms. The van der Waals surface area contributed by atoms with E-state index in [0.29, 0.717) is 38.9 Å². The van der Waals surface area contributed by atoms with E-state index >= 15 is 0 Å². The summed E-state index contributed by atoms with van der Waals surface area (Å²) in [5.74, 6) is 1.02. The molecule has 1 radical (unpaired) electrons. The number of hydrogen-bond acceptors (Lipinski definition) is 4. The normalized spacial score (nSPS) is 12.7. The standard InChI is InChI=1S/C44H35N2O2.C15H16N.Ir/c1-25(2)32-21-29(28-13-7-6-8-14-28)22-33(26(3)4)42(32)46-37-17-11-10-16-36(37)45-44(46)31-20-19-27(5)41-35-24-39-34(23-40(35)48-43(31)41)30-15-9-12-18-38(30)47-39;1-15(2,3)13-9-10-16-14(11-13)12-7-5-4-6-8-12;/h6-19,21-26H,1-5H3;4-7,9-11H,1-3H3;/q2*-1;/i5D3;;. The summed E-state index contributed by atoms with van der Waals surface area (Å²) in [7, 11) is 0. The Hall–Kier alpha value is -6.59. The van der Waals surface area contributed by atoms with Gasteiger partial charge in [-0.25, -0.2) is 0 Å². The van der Waals surface area contributed by atoms with Crippen molar-refractivity contribution < 1.29 is 33.1 Å². The Labute approximate surface area is 398 Å². The van der Waals surface area contributed by atoms with Crippen LogP contribution in [0, 0.1) is 19.0 Å². The molecule has 0 saturated heterocycles. The van der Waals surface area contributed by atoms with Crippen molar-refractivity contribution >= 4 is 54.9 Å². The fourth-order valence-corrected chi connectivity index (χ4v) is 8.84. The molecule has 5 nitrogen and oxygen atoms in total. The maximum atomic E-state index is 8.53. The molecule has 0 aliphatic rings. The van der Waals surface area contributed by atoms with E-state index in [4.69, 9.17) is 17.9 Å². The minimum absolute atomic E-state index is 0. The first-order chi connectivity index (χ1) is 32.2. The van der Waals surface area contributed by atoms with E-state index in [9.17, 15) is 0 Å². The van der Waals surface area contributed by atoms with Gasteiger partial charge in [-0.1, -0.05) is 133 Å². The molecule has 0 bridgehead atoms. The summed E-state index contributed by atoms with van der Waals surface area (Å²) in [5.41, 5.74) is 14.3. The van der Waals surface area contributed by atoms with Crippen LogP contribution in [-0.2, 0) is 25.5 Å². The molecule has 0 unspecified atom stereocenters. The second kappa shape index (κ2) is 17.4. The second-order valence-electron chi connectivity index (χ2n) is 18.2. The average Bonchev–Trinajstić information content (AvgIpc) is 4.01. The minimum atomic E-state index is -2.41. The van der Waals surface area contributed by atoms with Gasteiger partial charge in [0.1, 0.15) is 16.7 Å². The fraction of sp³-hybridized carbons (Fsp3) is 0.186. The Kier molecular flexibility index (Phi) is 10.7. The smallest absolute Gasteiger partial charge is 0.136 e. The van der Waals surface area contributed by atoms with Crippen molar-refractivity contribution in [3.8, 4) is 39.5 Å². The van der Waals surface area contributed by atoms with Gasteiger partial charge in [0, 0.05) is 52.3 Å². The van der Waals surface area contributed by atoms with Crippen molar-refractivity contribution in [3.05, 3.63) is 186 Å². The van der Waals surface area contributed by atoms with Crippen LogP contribution in [0.25, 0.3) is 94.4 Å². The van der Waals surface area contributed by atoms with Crippen LogP contribution in [0.2, 0.25) is 0 Å². The summed E-state index contributed by atoms with van der Waals surface area (Å²) in [5, 5.41) is 3.08. The third-order valence-electron chi connectivity index (χ3n) is 12.2. The van der Waals surface area contributed by atoms with Crippen LogP contribution in [0.4, 0.5) is 0 Å². The van der Waals surface area contributed by atoms with E-state index in [-0.39, 0.29) is 42.9 Å². The molecular formula is C59H51IrN3O2-2. The second-order valence-corrected chi connectivity index (χ2v) is 18.2. The first kappa shape index (κ1) is 40.0. The first-order valence-corrected chi connectivity index (χ1v) is 22.0. The van der Waals surface area contributed by atoms with Crippen LogP contribution in [0.15, 0.2) is 161 Å². The zero-order valence-corrected chi connectivity index (χ0v) is 40.0. The predicted octanol–water partition coefficient (Wildman–Crippen LogP) is 16.4. The van der Waals surface area contributed by atoms with Gasteiger partial charge in [-0.3, -0.25) is 4.98 Å². The summed E-state index contributed by atoms with van der Waals surface area (Å²) in [4.78, 5) is 9.64. The molecule has 0 fully saturated rings. The number of aromatic nitrogens is 3. The predicted molar refractivity (Wildman–Crippen MR) is 265 cm³/mol. The molecule has 0 saturated carbocycles. The van der Waals surface area contributed by atoms with Crippen molar-refractivity contribution in [1.29, 1.82) is 0 Å². The largest absolute Gasteiger partial charge is 0.501 e. The number of hydrogen-bond donors (Lipinski definition) is 0. The zero-order valence-electron chi connectivity index (χ0n) is 40.6. The fourth-order valence-electron chi connectivity index (χ4n) is 8.84. The topological polar surface area (TPSA) is 57.0 Å². The number of pyridine rings is 1. The molecule has 6 heteroatoms. The van der Waals surface area contributed by atoms with Crippen LogP contribution in [-0.4, -0.2) is 14.5 Å². The van der Waals surface area contributed by atoms with E-state index in [0.717, 1.165) is 44.3 Å². The van der Waals surface area contributed by atoms with E-state index < -0.39 is 6.85 Å². The van der Waals surface area contributed by atoms with Gasteiger partial charge in [-0.2, -0.15) is 0 Å². The van der Waals surface area contributed by atoms with E-state index in [1.165, 1.54) is 27.8 Å². The minimum Gasteiger partial charge on any atom is -0.501 e. The molecule has 4 heterocycles. The number of benzene rings is 7. The Morgan fingerprint density at radius 2 is 1.35 bits per heavy atom. The third-order valence-corrected chi connectivity index (χ3v) is 12.2. The van der Waals surface area contributed by atoms with Crippen LogP contribution in [0.3, 0.4) is 0 Å². The maximum Gasteiger partial charge on any atom is 0.136 e. The van der Waals surface area contributed by atoms with Crippen molar-refractivity contribution in [2.24, 2.45) is 0 Å². The van der Waals surface area contributed by atoms with Gasteiger partial charge in [0.05, 0.1) is 22.4 Å². The van der Waals surface area contributed by atoms with Crippen molar-refractivity contribution in [2.75, 3.05) is 0 Å². The van der Waals surface area contributed by atoms with Gasteiger partial charge >= 0.3 is 0 Å². The number of fused-ring (bicyclic) bond motifs is 7. The van der Waals surface area contributed by atoms with Gasteiger partial charge < -0.3 is 18.4 Å². The summed E-state index contributed by atoms with van der Waals surface area (Å²) >= 11 is 0. The number of furan rings is 2. The molecule has 325 valence electrons. The van der Waals surface area contributed by atoms with Crippen molar-refractivity contribution in [1.82, 2.24) is 14.5 Å². The quantitative estimate of drug-likeness (QED) is 0.156. The number of imidazole rings is 1. The summed E-state index contributed by atoms with van der Waals surface area (Å²) < 4.78 is 40.8. The van der Waals surface area contributed by atoms with Gasteiger partial charge in [-0.05, 0) is 99.3 Å². The number of aryl methyl sites for hydroxylation is 1. The van der Waals surface area contributed by atoms with E-state index in [1.54, 1.807) is 6.07 Å². The van der Waals surface area contributed by atoms with Crippen LogP contribution in [0.1, 0.15) is 86.7 Å². The molecule has 7 aromatic carbocycles. The summed E-state index contributed by atoms with van der Waals surface area (Å²) in [6.45, 7) is 13.1. The zero-order chi connectivity index (χ0) is 46.8. The van der Waals surface area contributed by atoms with Gasteiger partial charge in [0.25, 0.3) is 0 Å². The molecule has 0 aliphatic carbocycles. The van der Waals surface area contributed by atoms with Crippen molar-refractivity contribution in [2.45, 2.75) is 72.6 Å². The molecular weight excluding hydrogens is 975 g/mol. The molecule has 0 amide bonds. The van der Waals surface area contributed by atoms with Gasteiger partial charge in [-0.15, -0.1) is 53.6 Å². The molecule has 11 aromatic rings. The average molecular weight is 1030 g/mol. The van der Waals surface area contributed by atoms with E-state index in [2.05, 4.69) is 125 Å². The van der Waals surface area contributed by atoms with Gasteiger partial charge in [0.15, 0.2) is 0 Å². The number of nitrogens with zero attached hydrogens (tertiary/aromatic N) is 3. The number of para-hydroxylation sites is 3. The molecule has 0 spiro atoms. The summed E-state index contributed by atoms with van der Waals surface area (Å²) in [6.07, 6.45) is 1.87.